The van der Waals surface area contributed by atoms with Crippen LogP contribution in [0.1, 0.15) is 17.3 Å². The van der Waals surface area contributed by atoms with E-state index >= 15 is 0 Å². The molecule has 1 aliphatic rings. The highest BCUT2D eigenvalue weighted by molar-refractivity contribution is 7.13. The number of carbonyl (C=O) groups is 2. The summed E-state index contributed by atoms with van der Waals surface area (Å²) in [6.07, 6.45) is -2.98. The van der Waals surface area contributed by atoms with Crippen LogP contribution in [0.3, 0.4) is 0 Å². The Kier molecular flexibility index (Phi) is 4.29. The van der Waals surface area contributed by atoms with Crippen LogP contribution in [-0.2, 0) is 11.0 Å². The number of carbonyl (C=O) groups excluding carboxylic acids is 2. The van der Waals surface area contributed by atoms with Crippen LogP contribution in [-0.4, -0.2) is 26.9 Å². The number of thiazole rings is 1. The Morgan fingerprint density at radius 1 is 1.06 bits per heavy atom. The number of amides is 3. The minimum atomic E-state index is -4.51. The van der Waals surface area contributed by atoms with Crippen molar-refractivity contribution in [2.75, 3.05) is 4.90 Å². The van der Waals surface area contributed by atoms with Crippen molar-refractivity contribution in [2.24, 2.45) is 0 Å². The van der Waals surface area contributed by atoms with E-state index in [1.165, 1.54) is 11.2 Å². The smallest absolute Gasteiger partial charge is 0.345 e. The molecule has 156 valence electrons. The molecule has 1 saturated heterocycles. The van der Waals surface area contributed by atoms with E-state index in [1.807, 2.05) is 0 Å². The van der Waals surface area contributed by atoms with Crippen molar-refractivity contribution in [3.8, 4) is 10.6 Å². The van der Waals surface area contributed by atoms with Gasteiger partial charge in [0.1, 0.15) is 11.0 Å². The Bertz CT molecular complexity index is 1310. The van der Waals surface area contributed by atoms with Gasteiger partial charge in [-0.15, -0.1) is 11.3 Å². The highest BCUT2D eigenvalue weighted by Gasteiger charge is 2.40. The molecule has 3 amide bonds. The van der Waals surface area contributed by atoms with E-state index in [0.29, 0.717) is 22.3 Å². The monoisotopic (exact) mass is 443 g/mol. The Balaban J connectivity index is 1.48. The summed E-state index contributed by atoms with van der Waals surface area (Å²) >= 11 is 0.883. The van der Waals surface area contributed by atoms with Crippen molar-refractivity contribution in [1.82, 2.24) is 20.3 Å². The molecule has 1 unspecified atom stereocenters. The summed E-state index contributed by atoms with van der Waals surface area (Å²) < 4.78 is 38.4. The first-order chi connectivity index (χ1) is 14.8. The molecule has 5 rings (SSSR count). The summed E-state index contributed by atoms with van der Waals surface area (Å²) in [7, 11) is 0. The molecule has 1 aliphatic heterocycles. The lowest BCUT2D eigenvalue weighted by Crippen LogP contribution is -2.29. The second kappa shape index (κ2) is 6.91. The molecule has 2 aromatic carbocycles. The molecule has 31 heavy (non-hydrogen) atoms. The van der Waals surface area contributed by atoms with Crippen LogP contribution in [0.2, 0.25) is 0 Å². The second-order valence-corrected chi connectivity index (χ2v) is 7.69. The molecule has 0 spiro atoms. The van der Waals surface area contributed by atoms with Crippen LogP contribution in [0.25, 0.3) is 21.6 Å². The fourth-order valence-corrected chi connectivity index (χ4v) is 4.28. The number of halogens is 3. The molecule has 0 radical (unpaired) electrons. The van der Waals surface area contributed by atoms with Crippen LogP contribution in [0, 0.1) is 0 Å². The lowest BCUT2D eigenvalue weighted by atomic mass is 10.0. The standard InChI is InChI=1S/C20H12F3N5O2S/c21-20(22,23)15-8-31-18(26-15)11-3-1-10(2-4-11)16-17(29)27-19(30)28(16)12-5-6-13-14(7-12)25-9-24-13/h1-9,16H,(H,24,25)(H,27,29,30). The van der Waals surface area contributed by atoms with Crippen molar-refractivity contribution in [1.29, 1.82) is 0 Å². The number of urea groups is 1. The number of rotatable bonds is 3. The van der Waals surface area contributed by atoms with E-state index in [-0.39, 0.29) is 5.01 Å². The molecule has 7 nitrogen and oxygen atoms in total. The van der Waals surface area contributed by atoms with Gasteiger partial charge in [-0.1, -0.05) is 24.3 Å². The number of nitrogens with one attached hydrogen (secondary N) is 2. The number of imide groups is 1. The van der Waals surface area contributed by atoms with E-state index < -0.39 is 29.9 Å². The first-order valence-electron chi connectivity index (χ1n) is 9.01. The lowest BCUT2D eigenvalue weighted by molar-refractivity contribution is -0.140. The van der Waals surface area contributed by atoms with Crippen LogP contribution in [0.15, 0.2) is 54.2 Å². The highest BCUT2D eigenvalue weighted by Crippen LogP contribution is 2.36. The molecule has 1 fully saturated rings. The Morgan fingerprint density at radius 3 is 2.55 bits per heavy atom. The molecule has 0 bridgehead atoms. The minimum Gasteiger partial charge on any atom is -0.345 e. The molecule has 2 N–H and O–H groups in total. The number of hydrogen-bond acceptors (Lipinski definition) is 5. The van der Waals surface area contributed by atoms with E-state index in [0.717, 1.165) is 22.2 Å². The minimum absolute atomic E-state index is 0.215. The van der Waals surface area contributed by atoms with Gasteiger partial charge < -0.3 is 4.98 Å². The number of aromatic amines is 1. The second-order valence-electron chi connectivity index (χ2n) is 6.83. The number of H-pyrrole nitrogens is 1. The third-order valence-electron chi connectivity index (χ3n) is 4.91. The van der Waals surface area contributed by atoms with Crippen molar-refractivity contribution in [3.05, 3.63) is 65.4 Å². The fourth-order valence-electron chi connectivity index (χ4n) is 3.45. The quantitative estimate of drug-likeness (QED) is 0.456. The van der Waals surface area contributed by atoms with Gasteiger partial charge in [-0.25, -0.2) is 14.8 Å². The summed E-state index contributed by atoms with van der Waals surface area (Å²) in [5.41, 5.74) is 1.98. The highest BCUT2D eigenvalue weighted by atomic mass is 32.1. The number of aromatic nitrogens is 3. The van der Waals surface area contributed by atoms with Gasteiger partial charge in [0, 0.05) is 16.6 Å². The van der Waals surface area contributed by atoms with Crippen LogP contribution < -0.4 is 10.2 Å². The molecular weight excluding hydrogens is 431 g/mol. The molecule has 1 atom stereocenters. The number of hydrogen-bond donors (Lipinski definition) is 2. The number of nitrogens with zero attached hydrogens (tertiary/aromatic N) is 3. The molecule has 2 aromatic heterocycles. The van der Waals surface area contributed by atoms with Gasteiger partial charge in [0.25, 0.3) is 5.91 Å². The number of alkyl halides is 3. The third kappa shape index (κ3) is 3.32. The summed E-state index contributed by atoms with van der Waals surface area (Å²) in [5, 5.41) is 3.48. The zero-order chi connectivity index (χ0) is 21.8. The van der Waals surface area contributed by atoms with Crippen LogP contribution >= 0.6 is 11.3 Å². The van der Waals surface area contributed by atoms with Gasteiger partial charge in [-0.2, -0.15) is 13.2 Å². The van der Waals surface area contributed by atoms with Crippen LogP contribution in [0.4, 0.5) is 23.7 Å². The Hall–Kier alpha value is -3.73. The number of fused-ring (bicyclic) bond motifs is 1. The maximum Gasteiger partial charge on any atom is 0.434 e. The van der Waals surface area contributed by atoms with Crippen LogP contribution in [0.5, 0.6) is 0 Å². The van der Waals surface area contributed by atoms with E-state index in [2.05, 4.69) is 20.3 Å². The van der Waals surface area contributed by atoms with Gasteiger partial charge in [-0.3, -0.25) is 15.0 Å². The van der Waals surface area contributed by atoms with Gasteiger partial charge in [0.05, 0.1) is 17.4 Å². The van der Waals surface area contributed by atoms with Gasteiger partial charge in [0.2, 0.25) is 0 Å². The fraction of sp³-hybridized carbons (Fsp3) is 0.100. The average Bonchev–Trinajstić information content (AvgIpc) is 3.45. The molecule has 3 heterocycles. The first-order valence-corrected chi connectivity index (χ1v) is 9.89. The largest absolute Gasteiger partial charge is 0.434 e. The summed E-state index contributed by atoms with van der Waals surface area (Å²) in [6, 6.07) is 10.0. The number of imidazole rings is 1. The van der Waals surface area contributed by atoms with Gasteiger partial charge in [-0.05, 0) is 23.8 Å². The summed E-state index contributed by atoms with van der Waals surface area (Å²) in [6.45, 7) is 0. The van der Waals surface area contributed by atoms with Crippen molar-refractivity contribution >= 4 is 40.0 Å². The third-order valence-corrected chi connectivity index (χ3v) is 5.80. The van der Waals surface area contributed by atoms with E-state index in [9.17, 15) is 22.8 Å². The summed E-state index contributed by atoms with van der Waals surface area (Å²) in [4.78, 5) is 37.1. The number of benzene rings is 2. The SMILES string of the molecule is O=C1NC(=O)N(c2ccc3[nH]cnc3c2)C1c1ccc(-c2nc(C(F)(F)F)cs2)cc1. The molecule has 11 heteroatoms. The molecule has 4 aromatic rings. The molecular formula is C20H12F3N5O2S. The zero-order valence-electron chi connectivity index (χ0n) is 15.5. The van der Waals surface area contributed by atoms with Gasteiger partial charge in [0.15, 0.2) is 5.69 Å². The zero-order valence-corrected chi connectivity index (χ0v) is 16.3. The normalized spacial score (nSPS) is 16.9. The van der Waals surface area contributed by atoms with E-state index in [1.54, 1.807) is 42.5 Å². The van der Waals surface area contributed by atoms with Crippen molar-refractivity contribution in [2.45, 2.75) is 12.2 Å². The maximum atomic E-state index is 12.8. The Labute approximate surface area is 176 Å². The Morgan fingerprint density at radius 2 is 1.84 bits per heavy atom. The molecule has 0 aliphatic carbocycles. The predicted octanol–water partition coefficient (Wildman–Crippen LogP) is 4.50. The molecule has 0 saturated carbocycles. The maximum absolute atomic E-state index is 12.8. The van der Waals surface area contributed by atoms with Crippen molar-refractivity contribution < 1.29 is 22.8 Å². The van der Waals surface area contributed by atoms with E-state index in [4.69, 9.17) is 0 Å². The first kappa shape index (κ1) is 19.2. The topological polar surface area (TPSA) is 91.0 Å². The average molecular weight is 443 g/mol. The predicted molar refractivity (Wildman–Crippen MR) is 107 cm³/mol. The summed E-state index contributed by atoms with van der Waals surface area (Å²) in [5.74, 6) is -0.492. The van der Waals surface area contributed by atoms with Crippen molar-refractivity contribution in [3.63, 3.8) is 0 Å². The van der Waals surface area contributed by atoms with Gasteiger partial charge >= 0.3 is 12.2 Å². The lowest BCUT2D eigenvalue weighted by Gasteiger charge is -2.22. The number of anilines is 1.